The van der Waals surface area contributed by atoms with E-state index in [9.17, 15) is 13.2 Å². The van der Waals surface area contributed by atoms with Gasteiger partial charge < -0.3 is 10.1 Å². The normalized spacial score (nSPS) is 11.6. The zero-order valence-electron chi connectivity index (χ0n) is 16.5. The van der Waals surface area contributed by atoms with Crippen LogP contribution in [-0.2, 0) is 14.8 Å². The molecule has 3 rings (SSSR count). The monoisotopic (exact) mass is 417 g/mol. The van der Waals surface area contributed by atoms with Gasteiger partial charge in [-0.15, -0.1) is 0 Å². The molecule has 0 aliphatic rings. The molecule has 3 aromatic rings. The lowest BCUT2D eigenvalue weighted by atomic mass is 10.2. The Hall–Kier alpha value is -2.98. The number of nitrogens with one attached hydrogen (secondary N) is 2. The van der Waals surface area contributed by atoms with Crippen molar-refractivity contribution in [2.75, 3.05) is 19.0 Å². The van der Waals surface area contributed by atoms with Crippen LogP contribution in [0.2, 0.25) is 0 Å². The molecule has 2 N–H and O–H groups in total. The maximum Gasteiger partial charge on any atom is 0.339 e. The fraction of sp³-hybridized carbons (Fsp3) is 0.316. The number of carbonyl (C=O) groups is 1. The number of aryl methyl sites for hydroxylation is 1. The first-order chi connectivity index (χ1) is 13.9. The van der Waals surface area contributed by atoms with E-state index in [4.69, 9.17) is 4.74 Å². The number of fused-ring (bicyclic) bond motifs is 1. The van der Waals surface area contributed by atoms with Crippen LogP contribution in [0.15, 0.2) is 41.7 Å². The minimum atomic E-state index is -3.60. The maximum absolute atomic E-state index is 12.5. The molecule has 29 heavy (non-hydrogen) atoms. The van der Waals surface area contributed by atoms with Crippen LogP contribution < -0.4 is 10.0 Å². The molecule has 0 saturated heterocycles. The van der Waals surface area contributed by atoms with Gasteiger partial charge in [-0.2, -0.15) is 5.10 Å². The summed E-state index contributed by atoms with van der Waals surface area (Å²) in [5.41, 5.74) is 2.18. The molecule has 2 heterocycles. The first kappa shape index (κ1) is 20.7. The Bertz CT molecular complexity index is 1140. The zero-order valence-corrected chi connectivity index (χ0v) is 17.3. The minimum Gasteiger partial charge on any atom is -0.465 e. The minimum absolute atomic E-state index is 0.158. The van der Waals surface area contributed by atoms with Gasteiger partial charge >= 0.3 is 5.97 Å². The lowest BCUT2D eigenvalue weighted by Crippen LogP contribution is -2.24. The average molecular weight is 417 g/mol. The Morgan fingerprint density at radius 2 is 2.10 bits per heavy atom. The van der Waals surface area contributed by atoms with E-state index in [2.05, 4.69) is 20.1 Å². The quantitative estimate of drug-likeness (QED) is 0.428. The van der Waals surface area contributed by atoms with E-state index in [1.807, 2.05) is 6.92 Å². The second kappa shape index (κ2) is 8.58. The summed E-state index contributed by atoms with van der Waals surface area (Å²) < 4.78 is 33.9. The lowest BCUT2D eigenvalue weighted by Gasteiger charge is -2.10. The number of anilines is 2. The summed E-state index contributed by atoms with van der Waals surface area (Å²) in [5.74, 6) is -0.0219. The molecule has 2 aromatic heterocycles. The van der Waals surface area contributed by atoms with Gasteiger partial charge in [0.05, 0.1) is 17.6 Å². The molecule has 0 saturated carbocycles. The van der Waals surface area contributed by atoms with Crippen LogP contribution in [0.4, 0.5) is 11.5 Å². The van der Waals surface area contributed by atoms with Crippen molar-refractivity contribution >= 4 is 33.0 Å². The Labute approximate surface area is 169 Å². The highest BCUT2D eigenvalue weighted by molar-refractivity contribution is 7.89. The predicted octanol–water partition coefficient (Wildman–Crippen LogP) is 2.65. The Balaban J connectivity index is 1.94. The molecule has 0 atom stereocenters. The van der Waals surface area contributed by atoms with Crippen molar-refractivity contribution in [1.29, 1.82) is 0 Å². The summed E-state index contributed by atoms with van der Waals surface area (Å²) >= 11 is 0. The van der Waals surface area contributed by atoms with Crippen molar-refractivity contribution in [3.05, 3.63) is 47.9 Å². The number of sulfonamides is 1. The van der Waals surface area contributed by atoms with E-state index in [0.29, 0.717) is 34.7 Å². The summed E-state index contributed by atoms with van der Waals surface area (Å²) in [6, 6.07) is 6.46. The molecule has 0 fully saturated rings. The number of hydrogen-bond acceptors (Lipinski definition) is 7. The summed E-state index contributed by atoms with van der Waals surface area (Å²) in [6.07, 6.45) is 4.59. The number of aromatic nitrogens is 3. The van der Waals surface area contributed by atoms with Gasteiger partial charge in [0.15, 0.2) is 5.82 Å². The highest BCUT2D eigenvalue weighted by Gasteiger charge is 2.19. The Morgan fingerprint density at radius 1 is 1.31 bits per heavy atom. The Kier molecular flexibility index (Phi) is 6.14. The molecule has 9 nitrogen and oxygen atoms in total. The number of nitrogens with zero attached hydrogens (tertiary/aromatic N) is 3. The largest absolute Gasteiger partial charge is 0.465 e. The van der Waals surface area contributed by atoms with Crippen LogP contribution in [0.25, 0.3) is 5.52 Å². The fourth-order valence-corrected chi connectivity index (χ4v) is 4.03. The number of carbonyl (C=O) groups excluding carboxylic acids is 1. The highest BCUT2D eigenvalue weighted by Crippen LogP contribution is 2.26. The number of benzene rings is 1. The zero-order chi connectivity index (χ0) is 21.0. The number of unbranched alkanes of at least 4 members (excludes halogenated alkanes) is 1. The summed E-state index contributed by atoms with van der Waals surface area (Å²) in [6.45, 7) is 4.16. The van der Waals surface area contributed by atoms with Crippen molar-refractivity contribution in [2.24, 2.45) is 0 Å². The third kappa shape index (κ3) is 4.38. The molecule has 154 valence electrons. The molecular formula is C19H23N5O4S. The van der Waals surface area contributed by atoms with Gasteiger partial charge in [0.25, 0.3) is 0 Å². The van der Waals surface area contributed by atoms with Crippen LogP contribution in [0, 0.1) is 6.92 Å². The van der Waals surface area contributed by atoms with Crippen molar-refractivity contribution in [2.45, 2.75) is 31.6 Å². The van der Waals surface area contributed by atoms with Gasteiger partial charge in [0.2, 0.25) is 10.0 Å². The smallest absolute Gasteiger partial charge is 0.339 e. The first-order valence-electron chi connectivity index (χ1n) is 9.15. The highest BCUT2D eigenvalue weighted by atomic mass is 32.2. The van der Waals surface area contributed by atoms with E-state index < -0.39 is 16.0 Å². The van der Waals surface area contributed by atoms with Crippen molar-refractivity contribution in [1.82, 2.24) is 19.3 Å². The number of methoxy groups -OCH3 is 1. The van der Waals surface area contributed by atoms with Gasteiger partial charge in [0, 0.05) is 18.4 Å². The third-order valence-electron chi connectivity index (χ3n) is 4.46. The number of ether oxygens (including phenoxy) is 1. The second-order valence-electron chi connectivity index (χ2n) is 6.47. The van der Waals surface area contributed by atoms with Crippen LogP contribution in [0.3, 0.4) is 0 Å². The molecule has 0 bridgehead atoms. The molecule has 0 aliphatic carbocycles. The molecule has 0 aliphatic heterocycles. The molecule has 0 unspecified atom stereocenters. The topological polar surface area (TPSA) is 115 Å². The summed E-state index contributed by atoms with van der Waals surface area (Å²) in [7, 11) is -2.28. The van der Waals surface area contributed by atoms with Gasteiger partial charge in [-0.05, 0) is 37.1 Å². The maximum atomic E-state index is 12.5. The molecule has 0 radical (unpaired) electrons. The van der Waals surface area contributed by atoms with Crippen molar-refractivity contribution in [3.63, 3.8) is 0 Å². The summed E-state index contributed by atoms with van der Waals surface area (Å²) in [5, 5.41) is 7.25. The Morgan fingerprint density at radius 3 is 2.83 bits per heavy atom. The van der Waals surface area contributed by atoms with Crippen LogP contribution in [0.5, 0.6) is 0 Å². The molecule has 10 heteroatoms. The SMILES string of the molecule is CCCCNS(=O)(=O)c1cccc(Nc2ncnn3cc(C(=O)OC)c(C)c23)c1. The standard InChI is InChI=1S/C19H23N5O4S/c1-4-5-9-22-29(26,27)15-8-6-7-14(10-15)23-18-17-13(2)16(19(25)28-3)11-24(17)21-12-20-18/h6-8,10-12,22H,4-5,9H2,1-3H3,(H,20,21,23). The average Bonchev–Trinajstić information content (AvgIpc) is 3.05. The van der Waals surface area contributed by atoms with Crippen molar-refractivity contribution in [3.8, 4) is 0 Å². The van der Waals surface area contributed by atoms with Gasteiger partial charge in [-0.1, -0.05) is 19.4 Å². The fourth-order valence-electron chi connectivity index (χ4n) is 2.91. The van der Waals surface area contributed by atoms with E-state index in [-0.39, 0.29) is 4.90 Å². The molecule has 0 amide bonds. The van der Waals surface area contributed by atoms with Crippen LogP contribution >= 0.6 is 0 Å². The van der Waals surface area contributed by atoms with Crippen LogP contribution in [0.1, 0.15) is 35.7 Å². The number of esters is 1. The number of rotatable bonds is 8. The molecule has 1 aromatic carbocycles. The third-order valence-corrected chi connectivity index (χ3v) is 5.92. The van der Waals surface area contributed by atoms with Gasteiger partial charge in [-0.3, -0.25) is 0 Å². The molecule has 0 spiro atoms. The van der Waals surface area contributed by atoms with Gasteiger partial charge in [-0.25, -0.2) is 27.4 Å². The predicted molar refractivity (Wildman–Crippen MR) is 109 cm³/mol. The summed E-state index contributed by atoms with van der Waals surface area (Å²) in [4.78, 5) is 16.4. The lowest BCUT2D eigenvalue weighted by molar-refractivity contribution is 0.0600. The van der Waals surface area contributed by atoms with Crippen LogP contribution in [-0.4, -0.2) is 42.6 Å². The van der Waals surface area contributed by atoms with Crippen molar-refractivity contribution < 1.29 is 17.9 Å². The molecular weight excluding hydrogens is 394 g/mol. The van der Waals surface area contributed by atoms with E-state index in [1.165, 1.54) is 30.1 Å². The van der Waals surface area contributed by atoms with Gasteiger partial charge in [0.1, 0.15) is 11.8 Å². The van der Waals surface area contributed by atoms with E-state index >= 15 is 0 Å². The number of hydrogen-bond donors (Lipinski definition) is 2. The second-order valence-corrected chi connectivity index (χ2v) is 8.23. The van der Waals surface area contributed by atoms with E-state index in [0.717, 1.165) is 12.8 Å². The van der Waals surface area contributed by atoms with E-state index in [1.54, 1.807) is 25.3 Å². The first-order valence-corrected chi connectivity index (χ1v) is 10.6.